The molecular formula is C24H27N7. The van der Waals surface area contributed by atoms with E-state index in [-0.39, 0.29) is 0 Å². The van der Waals surface area contributed by atoms with Crippen LogP contribution in [-0.2, 0) is 19.4 Å². The van der Waals surface area contributed by atoms with E-state index in [1.54, 1.807) is 0 Å². The predicted octanol–water partition coefficient (Wildman–Crippen LogP) is 3.35. The normalized spacial score (nSPS) is 16.9. The van der Waals surface area contributed by atoms with Gasteiger partial charge in [0.25, 0.3) is 0 Å². The number of likely N-dealkylation sites (tertiary alicyclic amines) is 1. The summed E-state index contributed by atoms with van der Waals surface area (Å²) in [6.45, 7) is 4.99. The number of nitrogens with two attached hydrogens (primary N) is 1. The lowest BCUT2D eigenvalue weighted by molar-refractivity contribution is 0.211. The van der Waals surface area contributed by atoms with Crippen molar-refractivity contribution in [3.8, 4) is 6.07 Å². The number of hydrogen-bond donors (Lipinski definition) is 2. The zero-order valence-electron chi connectivity index (χ0n) is 17.9. The number of fused-ring (bicyclic) bond motifs is 3. The SMILES string of the molecule is Cc1nc2nc(NC3CCN(Cc4ccc(C#N)cc4)CC3)nc(N)c2c2c1CCC2. The Morgan fingerprint density at radius 3 is 2.58 bits per heavy atom. The summed E-state index contributed by atoms with van der Waals surface area (Å²) in [5.41, 5.74) is 12.7. The molecule has 0 spiro atoms. The molecule has 0 atom stereocenters. The Labute approximate surface area is 182 Å². The quantitative estimate of drug-likeness (QED) is 0.676. The molecule has 1 aromatic carbocycles. The van der Waals surface area contributed by atoms with Crippen molar-refractivity contribution >= 4 is 22.8 Å². The summed E-state index contributed by atoms with van der Waals surface area (Å²) in [4.78, 5) is 16.5. The van der Waals surface area contributed by atoms with Crippen LogP contribution in [0.25, 0.3) is 11.0 Å². The lowest BCUT2D eigenvalue weighted by Crippen LogP contribution is -2.39. The first-order valence-corrected chi connectivity index (χ1v) is 11.0. The lowest BCUT2D eigenvalue weighted by atomic mass is 10.0. The number of hydrogen-bond acceptors (Lipinski definition) is 7. The maximum absolute atomic E-state index is 8.94. The molecule has 3 aromatic rings. The van der Waals surface area contributed by atoms with Gasteiger partial charge in [0, 0.05) is 31.4 Å². The number of benzene rings is 1. The maximum Gasteiger partial charge on any atom is 0.226 e. The smallest absolute Gasteiger partial charge is 0.226 e. The second kappa shape index (κ2) is 8.12. The highest BCUT2D eigenvalue weighted by molar-refractivity contribution is 5.91. The number of aromatic nitrogens is 3. The third-order valence-electron chi connectivity index (χ3n) is 6.56. The van der Waals surface area contributed by atoms with Gasteiger partial charge in [-0.1, -0.05) is 12.1 Å². The Kier molecular flexibility index (Phi) is 5.16. The van der Waals surface area contributed by atoms with Crippen LogP contribution in [0.4, 0.5) is 11.8 Å². The molecule has 0 saturated carbocycles. The molecule has 1 fully saturated rings. The van der Waals surface area contributed by atoms with Crippen LogP contribution >= 0.6 is 0 Å². The predicted molar refractivity (Wildman–Crippen MR) is 122 cm³/mol. The summed E-state index contributed by atoms with van der Waals surface area (Å²) < 4.78 is 0. The van der Waals surface area contributed by atoms with E-state index in [9.17, 15) is 0 Å². The highest BCUT2D eigenvalue weighted by Gasteiger charge is 2.23. The van der Waals surface area contributed by atoms with Gasteiger partial charge in [-0.25, -0.2) is 4.98 Å². The van der Waals surface area contributed by atoms with Gasteiger partial charge < -0.3 is 11.1 Å². The van der Waals surface area contributed by atoms with Gasteiger partial charge in [0.1, 0.15) is 5.82 Å². The van der Waals surface area contributed by atoms with Gasteiger partial charge in [-0.2, -0.15) is 15.2 Å². The molecule has 0 amide bonds. The number of rotatable bonds is 4. The van der Waals surface area contributed by atoms with Gasteiger partial charge in [0.2, 0.25) is 5.95 Å². The van der Waals surface area contributed by atoms with E-state index < -0.39 is 0 Å². The Morgan fingerprint density at radius 2 is 1.84 bits per heavy atom. The van der Waals surface area contributed by atoms with Gasteiger partial charge in [-0.3, -0.25) is 4.90 Å². The minimum atomic E-state index is 0.324. The standard InChI is InChI=1S/C24H27N7/c1-15-19-3-2-4-20(19)21-22(26)29-24(30-23(21)27-15)28-18-9-11-31(12-10-18)14-17-7-5-16(13-25)6-8-17/h5-8,18H,2-4,9-12,14H2,1H3,(H3,26,27,28,29,30). The van der Waals surface area contributed by atoms with E-state index in [0.717, 1.165) is 62.8 Å². The molecule has 7 nitrogen and oxygen atoms in total. The fourth-order valence-corrected chi connectivity index (χ4v) is 4.91. The average Bonchev–Trinajstić information content (AvgIpc) is 3.26. The van der Waals surface area contributed by atoms with Gasteiger partial charge in [-0.05, 0) is 67.9 Å². The summed E-state index contributed by atoms with van der Waals surface area (Å²) in [5.74, 6) is 1.12. The monoisotopic (exact) mass is 413 g/mol. The highest BCUT2D eigenvalue weighted by Crippen LogP contribution is 2.33. The van der Waals surface area contributed by atoms with Crippen molar-refractivity contribution in [3.05, 3.63) is 52.2 Å². The summed E-state index contributed by atoms with van der Waals surface area (Å²) >= 11 is 0. The second-order valence-electron chi connectivity index (χ2n) is 8.64. The minimum absolute atomic E-state index is 0.324. The van der Waals surface area contributed by atoms with Gasteiger partial charge in [0.15, 0.2) is 5.65 Å². The van der Waals surface area contributed by atoms with E-state index in [1.165, 1.54) is 16.7 Å². The van der Waals surface area contributed by atoms with Gasteiger partial charge >= 0.3 is 0 Å². The van der Waals surface area contributed by atoms with Crippen LogP contribution in [0.1, 0.15) is 47.2 Å². The van der Waals surface area contributed by atoms with Crippen LogP contribution in [-0.4, -0.2) is 39.0 Å². The van der Waals surface area contributed by atoms with E-state index in [2.05, 4.69) is 28.2 Å². The first-order valence-electron chi connectivity index (χ1n) is 11.0. The molecular weight excluding hydrogens is 386 g/mol. The molecule has 0 radical (unpaired) electrons. The van der Waals surface area contributed by atoms with Crippen molar-refractivity contribution < 1.29 is 0 Å². The van der Waals surface area contributed by atoms with E-state index >= 15 is 0 Å². The molecule has 1 saturated heterocycles. The van der Waals surface area contributed by atoms with Crippen molar-refractivity contribution in [2.75, 3.05) is 24.1 Å². The molecule has 0 bridgehead atoms. The van der Waals surface area contributed by atoms with E-state index in [1.807, 2.05) is 24.3 Å². The van der Waals surface area contributed by atoms with Gasteiger partial charge in [-0.15, -0.1) is 0 Å². The van der Waals surface area contributed by atoms with Crippen molar-refractivity contribution in [2.24, 2.45) is 0 Å². The van der Waals surface area contributed by atoms with E-state index in [0.29, 0.717) is 29.0 Å². The molecule has 158 valence electrons. The number of anilines is 2. The zero-order valence-corrected chi connectivity index (χ0v) is 17.9. The van der Waals surface area contributed by atoms with Crippen molar-refractivity contribution in [3.63, 3.8) is 0 Å². The molecule has 0 unspecified atom stereocenters. The van der Waals surface area contributed by atoms with Crippen LogP contribution in [0.3, 0.4) is 0 Å². The minimum Gasteiger partial charge on any atom is -0.383 e. The number of nitriles is 1. The molecule has 3 heterocycles. The molecule has 2 aliphatic rings. The zero-order chi connectivity index (χ0) is 21.4. The lowest BCUT2D eigenvalue weighted by Gasteiger charge is -2.32. The summed E-state index contributed by atoms with van der Waals surface area (Å²) in [6.07, 6.45) is 5.30. The largest absolute Gasteiger partial charge is 0.383 e. The summed E-state index contributed by atoms with van der Waals surface area (Å²) in [5, 5.41) is 13.4. The summed E-state index contributed by atoms with van der Waals surface area (Å²) in [7, 11) is 0. The Bertz CT molecular complexity index is 1160. The first kappa shape index (κ1) is 19.7. The first-order chi connectivity index (χ1) is 15.1. The molecule has 1 aliphatic carbocycles. The van der Waals surface area contributed by atoms with Crippen molar-refractivity contribution in [1.29, 1.82) is 5.26 Å². The Hall–Kier alpha value is -3.24. The molecule has 31 heavy (non-hydrogen) atoms. The molecule has 7 heteroatoms. The Morgan fingerprint density at radius 1 is 1.10 bits per heavy atom. The second-order valence-corrected chi connectivity index (χ2v) is 8.64. The van der Waals surface area contributed by atoms with Crippen LogP contribution in [0.15, 0.2) is 24.3 Å². The van der Waals surface area contributed by atoms with E-state index in [4.69, 9.17) is 21.0 Å². The van der Waals surface area contributed by atoms with Crippen molar-refractivity contribution in [2.45, 2.75) is 51.6 Å². The van der Waals surface area contributed by atoms with Crippen LogP contribution < -0.4 is 11.1 Å². The highest BCUT2D eigenvalue weighted by atomic mass is 15.2. The van der Waals surface area contributed by atoms with Gasteiger partial charge in [0.05, 0.1) is 17.0 Å². The molecule has 5 rings (SSSR count). The number of aryl methyl sites for hydroxylation is 2. The number of nitrogens with zero attached hydrogens (tertiary/aromatic N) is 5. The number of piperidine rings is 1. The Balaban J connectivity index is 1.25. The topological polar surface area (TPSA) is 104 Å². The molecule has 1 aliphatic heterocycles. The third kappa shape index (κ3) is 3.91. The number of nitrogens with one attached hydrogen (secondary N) is 1. The van der Waals surface area contributed by atoms with Crippen LogP contribution in [0.5, 0.6) is 0 Å². The maximum atomic E-state index is 8.94. The third-order valence-corrected chi connectivity index (χ3v) is 6.56. The number of nitrogen functional groups attached to an aromatic ring is 1. The fourth-order valence-electron chi connectivity index (χ4n) is 4.91. The number of pyridine rings is 1. The van der Waals surface area contributed by atoms with Crippen molar-refractivity contribution in [1.82, 2.24) is 19.9 Å². The summed E-state index contributed by atoms with van der Waals surface area (Å²) in [6, 6.07) is 10.3. The van der Waals surface area contributed by atoms with Crippen LogP contribution in [0, 0.1) is 18.3 Å². The molecule has 2 aromatic heterocycles. The average molecular weight is 414 g/mol. The fraction of sp³-hybridized carbons (Fsp3) is 0.417. The molecule has 3 N–H and O–H groups in total. The van der Waals surface area contributed by atoms with Crippen LogP contribution in [0.2, 0.25) is 0 Å².